The lowest BCUT2D eigenvalue weighted by Gasteiger charge is -2.12. The van der Waals surface area contributed by atoms with E-state index < -0.39 is 0 Å². The maximum Gasteiger partial charge on any atom is 0.0376 e. The van der Waals surface area contributed by atoms with Gasteiger partial charge >= 0.3 is 0 Å². The average Bonchev–Trinajstić information content (AvgIpc) is 2.63. The highest BCUT2D eigenvalue weighted by molar-refractivity contribution is 6.20. The van der Waals surface area contributed by atoms with Crippen molar-refractivity contribution in [3.8, 4) is 0 Å². The van der Waals surface area contributed by atoms with E-state index in [0.717, 1.165) is 18.9 Å². The van der Waals surface area contributed by atoms with Gasteiger partial charge in [0.1, 0.15) is 0 Å². The quantitative estimate of drug-likeness (QED) is 0.570. The molecule has 60 valence electrons. The Kier molecular flexibility index (Phi) is 2.99. The van der Waals surface area contributed by atoms with E-state index in [1.165, 1.54) is 12.8 Å². The van der Waals surface area contributed by atoms with Crippen LogP contribution >= 0.6 is 11.6 Å². The Morgan fingerprint density at radius 2 is 2.10 bits per heavy atom. The largest absolute Gasteiger partial charge is 0.309 e. The van der Waals surface area contributed by atoms with Crippen LogP contribution in [0.3, 0.4) is 0 Å². The van der Waals surface area contributed by atoms with Crippen molar-refractivity contribution in [3.05, 3.63) is 0 Å². The number of rotatable bonds is 4. The van der Waals surface area contributed by atoms with Crippen LogP contribution in [-0.2, 0) is 0 Å². The van der Waals surface area contributed by atoms with Gasteiger partial charge in [-0.2, -0.15) is 0 Å². The van der Waals surface area contributed by atoms with Gasteiger partial charge in [0.15, 0.2) is 0 Å². The summed E-state index contributed by atoms with van der Waals surface area (Å²) in [6.45, 7) is 1.13. The van der Waals surface area contributed by atoms with Crippen molar-refractivity contribution in [2.24, 2.45) is 5.92 Å². The first kappa shape index (κ1) is 8.35. The Hall–Kier alpha value is 0.250. The van der Waals surface area contributed by atoms with Gasteiger partial charge in [-0.1, -0.05) is 0 Å². The van der Waals surface area contributed by atoms with Crippen molar-refractivity contribution < 1.29 is 0 Å². The topological polar surface area (TPSA) is 3.24 Å². The van der Waals surface area contributed by atoms with E-state index >= 15 is 0 Å². The number of nitrogens with zero attached hydrogens (tertiary/aromatic N) is 1. The third-order valence-corrected chi connectivity index (χ3v) is 2.56. The van der Waals surface area contributed by atoms with Crippen LogP contribution in [0.4, 0.5) is 0 Å². The summed E-state index contributed by atoms with van der Waals surface area (Å²) < 4.78 is 0. The van der Waals surface area contributed by atoms with Gasteiger partial charge in [0, 0.05) is 5.38 Å². The highest BCUT2D eigenvalue weighted by atomic mass is 35.5. The number of hydrogen-bond donors (Lipinski definition) is 0. The highest BCUT2D eigenvalue weighted by Gasteiger charge is 2.29. The minimum atomic E-state index is 0.447. The highest BCUT2D eigenvalue weighted by Crippen LogP contribution is 2.37. The van der Waals surface area contributed by atoms with E-state index in [9.17, 15) is 0 Å². The molecule has 0 bridgehead atoms. The van der Waals surface area contributed by atoms with Crippen molar-refractivity contribution in [1.82, 2.24) is 4.90 Å². The minimum Gasteiger partial charge on any atom is -0.309 e. The summed E-state index contributed by atoms with van der Waals surface area (Å²) in [5.74, 6) is 0.849. The third kappa shape index (κ3) is 2.89. The molecule has 0 N–H and O–H groups in total. The van der Waals surface area contributed by atoms with Gasteiger partial charge in [0.25, 0.3) is 0 Å². The summed E-state index contributed by atoms with van der Waals surface area (Å²) in [5.41, 5.74) is 0. The Labute approximate surface area is 68.4 Å². The number of hydrogen-bond acceptors (Lipinski definition) is 1. The molecule has 1 rings (SSSR count). The molecule has 1 aliphatic rings. The predicted octanol–water partition coefficient (Wildman–Crippen LogP) is 1.96. The zero-order valence-corrected chi connectivity index (χ0v) is 7.56. The van der Waals surface area contributed by atoms with Crippen molar-refractivity contribution in [2.45, 2.75) is 24.6 Å². The van der Waals surface area contributed by atoms with Crippen LogP contribution in [0.5, 0.6) is 0 Å². The van der Waals surface area contributed by atoms with Gasteiger partial charge in [-0.3, -0.25) is 0 Å². The molecule has 0 aromatic carbocycles. The first-order valence-corrected chi connectivity index (χ1v) is 4.42. The van der Waals surface area contributed by atoms with Gasteiger partial charge < -0.3 is 4.90 Å². The van der Waals surface area contributed by atoms with E-state index in [-0.39, 0.29) is 0 Å². The SMILES string of the molecule is CN(C)CCC(Cl)C1CC1. The van der Waals surface area contributed by atoms with E-state index in [4.69, 9.17) is 11.6 Å². The fraction of sp³-hybridized carbons (Fsp3) is 1.00. The summed E-state index contributed by atoms with van der Waals surface area (Å²) in [6.07, 6.45) is 3.88. The molecular weight excluding hydrogens is 146 g/mol. The zero-order valence-electron chi connectivity index (χ0n) is 6.81. The second-order valence-electron chi connectivity index (χ2n) is 3.45. The Morgan fingerprint density at radius 3 is 2.50 bits per heavy atom. The molecule has 0 aromatic rings. The fourth-order valence-corrected chi connectivity index (χ4v) is 1.42. The molecule has 0 aliphatic heterocycles. The lowest BCUT2D eigenvalue weighted by Crippen LogP contribution is -2.17. The standard InChI is InChI=1S/C8H16ClN/c1-10(2)6-5-8(9)7-3-4-7/h7-8H,3-6H2,1-2H3. The maximum absolute atomic E-state index is 6.10. The van der Waals surface area contributed by atoms with Gasteiger partial charge in [0.2, 0.25) is 0 Å². The molecule has 0 saturated heterocycles. The second-order valence-corrected chi connectivity index (χ2v) is 4.01. The summed E-state index contributed by atoms with van der Waals surface area (Å²) in [6, 6.07) is 0. The average molecular weight is 162 g/mol. The summed E-state index contributed by atoms with van der Waals surface area (Å²) in [7, 11) is 4.19. The van der Waals surface area contributed by atoms with Gasteiger partial charge in [-0.15, -0.1) is 11.6 Å². The summed E-state index contributed by atoms with van der Waals surface area (Å²) in [5, 5.41) is 0.447. The maximum atomic E-state index is 6.10. The molecule has 1 atom stereocenters. The molecule has 0 spiro atoms. The van der Waals surface area contributed by atoms with Gasteiger partial charge in [-0.25, -0.2) is 0 Å². The molecule has 1 unspecified atom stereocenters. The van der Waals surface area contributed by atoms with Crippen LogP contribution in [0.1, 0.15) is 19.3 Å². The first-order chi connectivity index (χ1) is 4.70. The van der Waals surface area contributed by atoms with E-state index in [0.29, 0.717) is 5.38 Å². The Bertz CT molecular complexity index is 99.4. The lowest BCUT2D eigenvalue weighted by molar-refractivity contribution is 0.391. The van der Waals surface area contributed by atoms with Gasteiger partial charge in [-0.05, 0) is 45.8 Å². The van der Waals surface area contributed by atoms with Crippen molar-refractivity contribution in [3.63, 3.8) is 0 Å². The molecule has 1 aliphatic carbocycles. The van der Waals surface area contributed by atoms with Crippen LogP contribution in [0, 0.1) is 5.92 Å². The Balaban J connectivity index is 2.00. The molecule has 10 heavy (non-hydrogen) atoms. The minimum absolute atomic E-state index is 0.447. The van der Waals surface area contributed by atoms with Crippen molar-refractivity contribution >= 4 is 11.6 Å². The monoisotopic (exact) mass is 161 g/mol. The Morgan fingerprint density at radius 1 is 1.50 bits per heavy atom. The van der Waals surface area contributed by atoms with Crippen LogP contribution < -0.4 is 0 Å². The number of alkyl halides is 1. The molecule has 0 aromatic heterocycles. The van der Waals surface area contributed by atoms with Crippen LogP contribution in [-0.4, -0.2) is 30.9 Å². The van der Waals surface area contributed by atoms with Gasteiger partial charge in [0.05, 0.1) is 0 Å². The molecule has 0 amide bonds. The molecule has 2 heteroatoms. The van der Waals surface area contributed by atoms with Crippen molar-refractivity contribution in [2.75, 3.05) is 20.6 Å². The number of halogens is 1. The molecule has 0 heterocycles. The van der Waals surface area contributed by atoms with Crippen molar-refractivity contribution in [1.29, 1.82) is 0 Å². The van der Waals surface area contributed by atoms with E-state index in [1.807, 2.05) is 0 Å². The third-order valence-electron chi connectivity index (χ3n) is 1.99. The molecule has 1 fully saturated rings. The van der Waals surface area contributed by atoms with E-state index in [1.54, 1.807) is 0 Å². The molecule has 1 nitrogen and oxygen atoms in total. The first-order valence-electron chi connectivity index (χ1n) is 3.99. The summed E-state index contributed by atoms with van der Waals surface area (Å²) >= 11 is 6.10. The predicted molar refractivity (Wildman–Crippen MR) is 45.5 cm³/mol. The fourth-order valence-electron chi connectivity index (χ4n) is 1.08. The lowest BCUT2D eigenvalue weighted by atomic mass is 10.2. The van der Waals surface area contributed by atoms with Crippen LogP contribution in [0.25, 0.3) is 0 Å². The molecule has 0 radical (unpaired) electrons. The molecular formula is C8H16ClN. The normalized spacial score (nSPS) is 21.6. The zero-order chi connectivity index (χ0) is 7.56. The second kappa shape index (κ2) is 3.59. The summed E-state index contributed by atoms with van der Waals surface area (Å²) in [4.78, 5) is 2.19. The van der Waals surface area contributed by atoms with Crippen LogP contribution in [0.2, 0.25) is 0 Å². The smallest absolute Gasteiger partial charge is 0.0376 e. The van der Waals surface area contributed by atoms with Crippen LogP contribution in [0.15, 0.2) is 0 Å². The van der Waals surface area contributed by atoms with E-state index in [2.05, 4.69) is 19.0 Å². The molecule has 1 saturated carbocycles.